The van der Waals surface area contributed by atoms with Gasteiger partial charge in [0, 0.05) is 12.6 Å². The quantitative estimate of drug-likeness (QED) is 0.728. The van der Waals surface area contributed by atoms with Gasteiger partial charge in [-0.05, 0) is 30.2 Å². The van der Waals surface area contributed by atoms with Crippen molar-refractivity contribution in [3.8, 4) is 5.75 Å². The van der Waals surface area contributed by atoms with E-state index in [0.29, 0.717) is 6.54 Å². The van der Waals surface area contributed by atoms with E-state index in [1.54, 1.807) is 7.11 Å². The summed E-state index contributed by atoms with van der Waals surface area (Å²) in [4.78, 5) is 0. The van der Waals surface area contributed by atoms with Gasteiger partial charge < -0.3 is 16.2 Å². The number of hydrogen-bond donors (Lipinski definition) is 2. The number of ether oxygens (including phenoxy) is 1. The SMILES string of the molecule is COc1ccc(C)c([C@H](N)CN)c1. The summed E-state index contributed by atoms with van der Waals surface area (Å²) in [6.45, 7) is 2.47. The molecule has 0 fully saturated rings. The molecule has 72 valence electrons. The van der Waals surface area contributed by atoms with Crippen LogP contribution in [0.1, 0.15) is 17.2 Å². The van der Waals surface area contributed by atoms with Crippen molar-refractivity contribution >= 4 is 0 Å². The molecule has 4 N–H and O–H groups in total. The second kappa shape index (κ2) is 4.25. The van der Waals surface area contributed by atoms with E-state index in [0.717, 1.165) is 16.9 Å². The van der Waals surface area contributed by atoms with Gasteiger partial charge in [0.05, 0.1) is 7.11 Å². The Morgan fingerprint density at radius 3 is 2.69 bits per heavy atom. The van der Waals surface area contributed by atoms with Crippen LogP contribution in [0.2, 0.25) is 0 Å². The first kappa shape index (κ1) is 10.0. The highest BCUT2D eigenvalue weighted by Crippen LogP contribution is 2.21. The molecule has 3 heteroatoms. The Bertz CT molecular complexity index is 286. The van der Waals surface area contributed by atoms with Crippen molar-refractivity contribution in [3.05, 3.63) is 29.3 Å². The van der Waals surface area contributed by atoms with Crippen LogP contribution < -0.4 is 16.2 Å². The van der Waals surface area contributed by atoms with Gasteiger partial charge in [-0.15, -0.1) is 0 Å². The predicted molar refractivity (Wildman–Crippen MR) is 53.7 cm³/mol. The number of rotatable bonds is 3. The van der Waals surface area contributed by atoms with Crippen LogP contribution in [0.25, 0.3) is 0 Å². The second-order valence-electron chi connectivity index (χ2n) is 3.06. The molecule has 0 saturated carbocycles. The lowest BCUT2D eigenvalue weighted by Crippen LogP contribution is -2.21. The van der Waals surface area contributed by atoms with Gasteiger partial charge in [-0.2, -0.15) is 0 Å². The van der Waals surface area contributed by atoms with E-state index in [-0.39, 0.29) is 6.04 Å². The fourth-order valence-corrected chi connectivity index (χ4v) is 1.27. The van der Waals surface area contributed by atoms with Crippen LogP contribution >= 0.6 is 0 Å². The second-order valence-corrected chi connectivity index (χ2v) is 3.06. The number of methoxy groups -OCH3 is 1. The van der Waals surface area contributed by atoms with E-state index < -0.39 is 0 Å². The summed E-state index contributed by atoms with van der Waals surface area (Å²) in [5, 5.41) is 0. The fraction of sp³-hybridized carbons (Fsp3) is 0.400. The van der Waals surface area contributed by atoms with E-state index in [1.165, 1.54) is 0 Å². The van der Waals surface area contributed by atoms with Gasteiger partial charge in [0.2, 0.25) is 0 Å². The molecule has 0 unspecified atom stereocenters. The van der Waals surface area contributed by atoms with Crippen molar-refractivity contribution in [3.63, 3.8) is 0 Å². The summed E-state index contributed by atoms with van der Waals surface area (Å²) in [6, 6.07) is 5.74. The van der Waals surface area contributed by atoms with Gasteiger partial charge >= 0.3 is 0 Å². The Morgan fingerprint density at radius 1 is 1.46 bits per heavy atom. The topological polar surface area (TPSA) is 61.3 Å². The third-order valence-electron chi connectivity index (χ3n) is 2.14. The highest BCUT2D eigenvalue weighted by Gasteiger charge is 2.07. The number of benzene rings is 1. The van der Waals surface area contributed by atoms with E-state index in [2.05, 4.69) is 0 Å². The van der Waals surface area contributed by atoms with Crippen molar-refractivity contribution in [2.45, 2.75) is 13.0 Å². The fourth-order valence-electron chi connectivity index (χ4n) is 1.27. The van der Waals surface area contributed by atoms with Crippen molar-refractivity contribution in [1.29, 1.82) is 0 Å². The lowest BCUT2D eigenvalue weighted by atomic mass is 10.0. The molecule has 3 nitrogen and oxygen atoms in total. The first-order valence-electron chi connectivity index (χ1n) is 4.29. The van der Waals surface area contributed by atoms with E-state index in [1.807, 2.05) is 25.1 Å². The highest BCUT2D eigenvalue weighted by atomic mass is 16.5. The smallest absolute Gasteiger partial charge is 0.119 e. The minimum absolute atomic E-state index is 0.102. The lowest BCUT2D eigenvalue weighted by molar-refractivity contribution is 0.413. The highest BCUT2D eigenvalue weighted by molar-refractivity contribution is 5.36. The average Bonchev–Trinajstić information content (AvgIpc) is 2.17. The third kappa shape index (κ3) is 2.20. The maximum absolute atomic E-state index is 5.84. The van der Waals surface area contributed by atoms with Crippen LogP contribution in [0.3, 0.4) is 0 Å². The van der Waals surface area contributed by atoms with Gasteiger partial charge in [0.15, 0.2) is 0 Å². The normalized spacial score (nSPS) is 12.6. The minimum atomic E-state index is -0.102. The zero-order valence-corrected chi connectivity index (χ0v) is 8.08. The van der Waals surface area contributed by atoms with Crippen molar-refractivity contribution in [2.75, 3.05) is 13.7 Å². The van der Waals surface area contributed by atoms with E-state index in [9.17, 15) is 0 Å². The molecule has 1 aromatic carbocycles. The molecule has 0 saturated heterocycles. The first-order chi connectivity index (χ1) is 6.19. The summed E-state index contributed by atoms with van der Waals surface area (Å²) in [5.41, 5.74) is 13.5. The zero-order chi connectivity index (χ0) is 9.84. The number of nitrogens with two attached hydrogens (primary N) is 2. The molecule has 0 aliphatic rings. The maximum Gasteiger partial charge on any atom is 0.119 e. The Hall–Kier alpha value is -1.06. The molecular formula is C10H16N2O. The predicted octanol–water partition coefficient (Wildman–Crippen LogP) is 0.962. The molecule has 13 heavy (non-hydrogen) atoms. The first-order valence-corrected chi connectivity index (χ1v) is 4.29. The molecule has 0 amide bonds. The Labute approximate surface area is 78.7 Å². The summed E-state index contributed by atoms with van der Waals surface area (Å²) >= 11 is 0. The number of hydrogen-bond acceptors (Lipinski definition) is 3. The van der Waals surface area contributed by atoms with Gasteiger partial charge in [0.1, 0.15) is 5.75 Å². The molecule has 0 aromatic heterocycles. The van der Waals surface area contributed by atoms with Crippen LogP contribution in [-0.4, -0.2) is 13.7 Å². The largest absolute Gasteiger partial charge is 0.497 e. The van der Waals surface area contributed by atoms with Gasteiger partial charge in [-0.3, -0.25) is 0 Å². The van der Waals surface area contributed by atoms with E-state index >= 15 is 0 Å². The van der Waals surface area contributed by atoms with Crippen LogP contribution in [0.15, 0.2) is 18.2 Å². The summed E-state index contributed by atoms with van der Waals surface area (Å²) in [5.74, 6) is 0.824. The van der Waals surface area contributed by atoms with Crippen molar-refractivity contribution in [2.24, 2.45) is 11.5 Å². The van der Waals surface area contributed by atoms with Gasteiger partial charge in [0.25, 0.3) is 0 Å². The lowest BCUT2D eigenvalue weighted by Gasteiger charge is -2.13. The van der Waals surface area contributed by atoms with Crippen LogP contribution in [0, 0.1) is 6.92 Å². The maximum atomic E-state index is 5.84. The Kier molecular flexibility index (Phi) is 3.28. The monoisotopic (exact) mass is 180 g/mol. The van der Waals surface area contributed by atoms with Gasteiger partial charge in [-0.25, -0.2) is 0 Å². The summed E-state index contributed by atoms with van der Waals surface area (Å²) in [7, 11) is 1.64. The molecule has 0 aliphatic heterocycles. The van der Waals surface area contributed by atoms with Crippen molar-refractivity contribution in [1.82, 2.24) is 0 Å². The minimum Gasteiger partial charge on any atom is -0.497 e. The Morgan fingerprint density at radius 2 is 2.15 bits per heavy atom. The molecule has 0 heterocycles. The molecular weight excluding hydrogens is 164 g/mol. The molecule has 0 bridgehead atoms. The number of aryl methyl sites for hydroxylation is 1. The average molecular weight is 180 g/mol. The molecule has 0 radical (unpaired) electrons. The van der Waals surface area contributed by atoms with Crippen LogP contribution in [0.4, 0.5) is 0 Å². The molecule has 0 aliphatic carbocycles. The van der Waals surface area contributed by atoms with Gasteiger partial charge in [-0.1, -0.05) is 6.07 Å². The molecule has 0 spiro atoms. The van der Waals surface area contributed by atoms with Crippen molar-refractivity contribution < 1.29 is 4.74 Å². The Balaban J connectivity index is 3.03. The third-order valence-corrected chi connectivity index (χ3v) is 2.14. The standard InChI is InChI=1S/C10H16N2O/c1-7-3-4-8(13-2)5-9(7)10(12)6-11/h3-5,10H,6,11-12H2,1-2H3/t10-/m1/s1. The summed E-state index contributed by atoms with van der Waals surface area (Å²) in [6.07, 6.45) is 0. The molecule has 1 rings (SSSR count). The van der Waals surface area contributed by atoms with Crippen LogP contribution in [-0.2, 0) is 0 Å². The summed E-state index contributed by atoms with van der Waals surface area (Å²) < 4.78 is 5.11. The van der Waals surface area contributed by atoms with Crippen LogP contribution in [0.5, 0.6) is 5.75 Å². The van der Waals surface area contributed by atoms with E-state index in [4.69, 9.17) is 16.2 Å². The molecule has 1 atom stereocenters. The molecule has 1 aromatic rings. The zero-order valence-electron chi connectivity index (χ0n) is 8.08.